The van der Waals surface area contributed by atoms with Crippen LogP contribution in [0.1, 0.15) is 34.7 Å². The minimum absolute atomic E-state index is 0.0461. The molecule has 0 spiro atoms. The van der Waals surface area contributed by atoms with Crippen molar-refractivity contribution in [1.29, 1.82) is 0 Å². The predicted molar refractivity (Wildman–Crippen MR) is 104 cm³/mol. The summed E-state index contributed by atoms with van der Waals surface area (Å²) in [6, 6.07) is 8.65. The summed E-state index contributed by atoms with van der Waals surface area (Å²) in [7, 11) is 0. The highest BCUT2D eigenvalue weighted by atomic mass is 16.3. The Hall–Kier alpha value is -3.22. The number of aromatic nitrogens is 3. The maximum atomic E-state index is 13.0. The van der Waals surface area contributed by atoms with Crippen LogP contribution in [-0.2, 0) is 6.54 Å². The van der Waals surface area contributed by atoms with Gasteiger partial charge in [-0.15, -0.1) is 0 Å². The van der Waals surface area contributed by atoms with E-state index in [4.69, 9.17) is 4.42 Å². The van der Waals surface area contributed by atoms with Crippen molar-refractivity contribution in [2.24, 2.45) is 0 Å². The van der Waals surface area contributed by atoms with Crippen LogP contribution in [0.2, 0.25) is 0 Å². The number of nitrogens with zero attached hydrogens (tertiary/aromatic N) is 4. The van der Waals surface area contributed by atoms with Gasteiger partial charge in [-0.3, -0.25) is 14.6 Å². The number of amides is 1. The van der Waals surface area contributed by atoms with E-state index in [1.807, 2.05) is 24.0 Å². The van der Waals surface area contributed by atoms with Gasteiger partial charge < -0.3 is 9.32 Å². The zero-order chi connectivity index (χ0) is 19.7. The van der Waals surface area contributed by atoms with Crippen molar-refractivity contribution in [2.45, 2.75) is 39.3 Å². The predicted octanol–water partition coefficient (Wildman–Crippen LogP) is 2.82. The standard InChI is InChI=1S/C21H22N4O3/c1-14-12-18(15(2)28-14)21(27)24-11-3-4-17(24)13-25-20(26)6-5-19(23-25)16-7-9-22-10-8-16/h5-10,12,17H,3-4,11,13H2,1-2H3. The molecule has 0 N–H and O–H groups in total. The molecule has 4 heterocycles. The third-order valence-corrected chi connectivity index (χ3v) is 5.14. The first-order valence-electron chi connectivity index (χ1n) is 9.39. The van der Waals surface area contributed by atoms with Crippen LogP contribution >= 0.6 is 0 Å². The van der Waals surface area contributed by atoms with Gasteiger partial charge in [0.15, 0.2) is 0 Å². The van der Waals surface area contributed by atoms with Crippen LogP contribution in [0.5, 0.6) is 0 Å². The lowest BCUT2D eigenvalue weighted by atomic mass is 10.1. The van der Waals surface area contributed by atoms with Crippen molar-refractivity contribution >= 4 is 5.91 Å². The Morgan fingerprint density at radius 2 is 2.00 bits per heavy atom. The molecular weight excluding hydrogens is 356 g/mol. The molecule has 1 aliphatic rings. The number of rotatable bonds is 4. The van der Waals surface area contributed by atoms with Gasteiger partial charge in [0, 0.05) is 30.6 Å². The van der Waals surface area contributed by atoms with E-state index in [2.05, 4.69) is 10.1 Å². The van der Waals surface area contributed by atoms with E-state index in [0.717, 1.165) is 24.2 Å². The van der Waals surface area contributed by atoms with Crippen molar-refractivity contribution in [3.63, 3.8) is 0 Å². The molecule has 0 aromatic carbocycles. The molecule has 28 heavy (non-hydrogen) atoms. The summed E-state index contributed by atoms with van der Waals surface area (Å²) in [5.41, 5.74) is 2.02. The molecule has 0 bridgehead atoms. The first kappa shape index (κ1) is 18.2. The molecule has 1 atom stereocenters. The van der Waals surface area contributed by atoms with Crippen LogP contribution in [0, 0.1) is 13.8 Å². The first-order valence-corrected chi connectivity index (χ1v) is 9.39. The summed E-state index contributed by atoms with van der Waals surface area (Å²) in [5.74, 6) is 1.30. The Bertz CT molecular complexity index is 1060. The van der Waals surface area contributed by atoms with Crippen molar-refractivity contribution in [2.75, 3.05) is 6.54 Å². The van der Waals surface area contributed by atoms with E-state index in [9.17, 15) is 9.59 Å². The lowest BCUT2D eigenvalue weighted by molar-refractivity contribution is 0.0718. The molecule has 0 radical (unpaired) electrons. The number of carbonyl (C=O) groups is 1. The van der Waals surface area contributed by atoms with Gasteiger partial charge >= 0.3 is 0 Å². The monoisotopic (exact) mass is 378 g/mol. The smallest absolute Gasteiger partial charge is 0.266 e. The number of carbonyl (C=O) groups excluding carboxylic acids is 1. The summed E-state index contributed by atoms with van der Waals surface area (Å²) in [5, 5.41) is 4.51. The SMILES string of the molecule is Cc1cc(C(=O)N2CCCC2Cn2nc(-c3ccncc3)ccc2=O)c(C)o1. The van der Waals surface area contributed by atoms with Gasteiger partial charge in [0.1, 0.15) is 11.5 Å². The van der Waals surface area contributed by atoms with Crippen molar-refractivity contribution < 1.29 is 9.21 Å². The average molecular weight is 378 g/mol. The normalized spacial score (nSPS) is 16.5. The summed E-state index contributed by atoms with van der Waals surface area (Å²) in [6.07, 6.45) is 5.14. The van der Waals surface area contributed by atoms with E-state index in [1.165, 1.54) is 10.7 Å². The fraction of sp³-hybridized carbons (Fsp3) is 0.333. The molecule has 0 saturated carbocycles. The average Bonchev–Trinajstić information content (AvgIpc) is 3.29. The van der Waals surface area contributed by atoms with E-state index >= 15 is 0 Å². The van der Waals surface area contributed by atoms with E-state index in [0.29, 0.717) is 30.1 Å². The van der Waals surface area contributed by atoms with Crippen LogP contribution in [0.15, 0.2) is 51.9 Å². The fourth-order valence-corrected chi connectivity index (χ4v) is 3.75. The Morgan fingerprint density at radius 1 is 1.21 bits per heavy atom. The highest BCUT2D eigenvalue weighted by Gasteiger charge is 2.31. The molecule has 1 amide bonds. The maximum Gasteiger partial charge on any atom is 0.266 e. The van der Waals surface area contributed by atoms with E-state index < -0.39 is 0 Å². The van der Waals surface area contributed by atoms with Crippen LogP contribution < -0.4 is 5.56 Å². The minimum atomic E-state index is -0.174. The number of aryl methyl sites for hydroxylation is 2. The topological polar surface area (TPSA) is 81.2 Å². The van der Waals surface area contributed by atoms with E-state index in [-0.39, 0.29) is 17.5 Å². The highest BCUT2D eigenvalue weighted by molar-refractivity contribution is 5.95. The number of pyridine rings is 1. The minimum Gasteiger partial charge on any atom is -0.466 e. The van der Waals surface area contributed by atoms with Gasteiger partial charge in [0.05, 0.1) is 23.8 Å². The van der Waals surface area contributed by atoms with Gasteiger partial charge in [-0.2, -0.15) is 5.10 Å². The molecule has 1 unspecified atom stereocenters. The fourth-order valence-electron chi connectivity index (χ4n) is 3.75. The van der Waals surface area contributed by atoms with Crippen LogP contribution in [0.4, 0.5) is 0 Å². The number of hydrogen-bond donors (Lipinski definition) is 0. The van der Waals surface area contributed by atoms with Gasteiger partial charge in [-0.25, -0.2) is 4.68 Å². The second kappa shape index (κ2) is 7.42. The zero-order valence-corrected chi connectivity index (χ0v) is 16.0. The molecule has 4 rings (SSSR count). The summed E-state index contributed by atoms with van der Waals surface area (Å²) >= 11 is 0. The molecule has 3 aromatic rings. The number of furan rings is 1. The second-order valence-corrected chi connectivity index (χ2v) is 7.10. The third kappa shape index (κ3) is 3.47. The van der Waals surface area contributed by atoms with Crippen LogP contribution in [0.3, 0.4) is 0 Å². The molecule has 1 aliphatic heterocycles. The molecular formula is C21H22N4O3. The lowest BCUT2D eigenvalue weighted by Crippen LogP contribution is -2.40. The van der Waals surface area contributed by atoms with Gasteiger partial charge in [-0.1, -0.05) is 0 Å². The Balaban J connectivity index is 1.59. The molecule has 1 fully saturated rings. The van der Waals surface area contributed by atoms with E-state index in [1.54, 1.807) is 31.5 Å². The van der Waals surface area contributed by atoms with Crippen LogP contribution in [0.25, 0.3) is 11.3 Å². The Morgan fingerprint density at radius 3 is 2.71 bits per heavy atom. The molecule has 7 nitrogen and oxygen atoms in total. The maximum absolute atomic E-state index is 13.0. The second-order valence-electron chi connectivity index (χ2n) is 7.10. The molecule has 144 valence electrons. The number of likely N-dealkylation sites (tertiary alicyclic amines) is 1. The molecule has 7 heteroatoms. The van der Waals surface area contributed by atoms with Gasteiger partial charge in [-0.05, 0) is 51.0 Å². The van der Waals surface area contributed by atoms with Crippen molar-refractivity contribution in [3.8, 4) is 11.3 Å². The van der Waals surface area contributed by atoms with Crippen molar-refractivity contribution in [3.05, 3.63) is 70.2 Å². The molecule has 3 aromatic heterocycles. The lowest BCUT2D eigenvalue weighted by Gasteiger charge is -2.25. The summed E-state index contributed by atoms with van der Waals surface area (Å²) in [4.78, 5) is 31.2. The largest absolute Gasteiger partial charge is 0.466 e. The third-order valence-electron chi connectivity index (χ3n) is 5.14. The summed E-state index contributed by atoms with van der Waals surface area (Å²) in [6.45, 7) is 4.68. The first-order chi connectivity index (χ1) is 13.5. The highest BCUT2D eigenvalue weighted by Crippen LogP contribution is 2.24. The Labute approximate surface area is 162 Å². The van der Waals surface area contributed by atoms with Gasteiger partial charge in [0.25, 0.3) is 11.5 Å². The zero-order valence-electron chi connectivity index (χ0n) is 16.0. The quantitative estimate of drug-likeness (QED) is 0.697. The van der Waals surface area contributed by atoms with Gasteiger partial charge in [0.2, 0.25) is 0 Å². The summed E-state index contributed by atoms with van der Waals surface area (Å²) < 4.78 is 6.97. The number of hydrogen-bond acceptors (Lipinski definition) is 5. The molecule has 1 saturated heterocycles. The molecule has 0 aliphatic carbocycles. The van der Waals surface area contributed by atoms with Crippen molar-refractivity contribution in [1.82, 2.24) is 19.7 Å². The van der Waals surface area contributed by atoms with Crippen LogP contribution in [-0.4, -0.2) is 38.2 Å². The Kier molecular flexibility index (Phi) is 4.81.